The predicted octanol–water partition coefficient (Wildman–Crippen LogP) is 3.52. The van der Waals surface area contributed by atoms with E-state index in [4.69, 9.17) is 0 Å². The zero-order valence-electron chi connectivity index (χ0n) is 15.2. The minimum atomic E-state index is -0.114. The molecule has 0 atom stereocenters. The van der Waals surface area contributed by atoms with Crippen molar-refractivity contribution < 1.29 is 4.79 Å². The summed E-state index contributed by atoms with van der Waals surface area (Å²) in [7, 11) is 0. The number of rotatable bonds is 6. The molecule has 1 aliphatic carbocycles. The Morgan fingerprint density at radius 1 is 1.12 bits per heavy atom. The third-order valence-corrected chi connectivity index (χ3v) is 4.87. The van der Waals surface area contributed by atoms with Crippen LogP contribution in [-0.4, -0.2) is 28.5 Å². The van der Waals surface area contributed by atoms with Gasteiger partial charge >= 0.3 is 0 Å². The molecule has 2 N–H and O–H groups in total. The monoisotopic (exact) mass is 338 g/mol. The molecule has 2 aromatic rings. The number of hydrogen-bond acceptors (Lipinski definition) is 4. The summed E-state index contributed by atoms with van der Waals surface area (Å²) in [4.78, 5) is 20.0. The van der Waals surface area contributed by atoms with Crippen LogP contribution in [0, 0.1) is 0 Å². The SMILES string of the molecule is CC(=O)NCC(C)(C)c1ccc(-c2cnc(NC3CCC3)nc2)cc1. The van der Waals surface area contributed by atoms with Crippen LogP contribution in [0.5, 0.6) is 0 Å². The number of nitrogens with zero attached hydrogens (tertiary/aromatic N) is 2. The van der Waals surface area contributed by atoms with Crippen molar-refractivity contribution in [2.24, 2.45) is 0 Å². The Morgan fingerprint density at radius 2 is 1.76 bits per heavy atom. The highest BCUT2D eigenvalue weighted by atomic mass is 16.1. The van der Waals surface area contributed by atoms with Crippen molar-refractivity contribution in [3.05, 3.63) is 42.2 Å². The van der Waals surface area contributed by atoms with E-state index < -0.39 is 0 Å². The van der Waals surface area contributed by atoms with Crippen LogP contribution in [0.25, 0.3) is 11.1 Å². The van der Waals surface area contributed by atoms with E-state index in [1.165, 1.54) is 24.8 Å². The van der Waals surface area contributed by atoms with Gasteiger partial charge < -0.3 is 10.6 Å². The summed E-state index contributed by atoms with van der Waals surface area (Å²) < 4.78 is 0. The highest BCUT2D eigenvalue weighted by Gasteiger charge is 2.21. The topological polar surface area (TPSA) is 66.9 Å². The second-order valence-corrected chi connectivity index (χ2v) is 7.44. The summed E-state index contributed by atoms with van der Waals surface area (Å²) in [5.74, 6) is 0.707. The Hall–Kier alpha value is -2.43. The predicted molar refractivity (Wildman–Crippen MR) is 100 cm³/mol. The molecule has 1 saturated carbocycles. The van der Waals surface area contributed by atoms with Crippen LogP contribution in [0.3, 0.4) is 0 Å². The maximum Gasteiger partial charge on any atom is 0.222 e. The molecule has 0 spiro atoms. The van der Waals surface area contributed by atoms with E-state index in [0.717, 1.165) is 11.1 Å². The van der Waals surface area contributed by atoms with Crippen molar-refractivity contribution in [1.29, 1.82) is 0 Å². The third kappa shape index (κ3) is 4.35. The molecular formula is C20H26N4O. The fourth-order valence-electron chi connectivity index (χ4n) is 2.85. The summed E-state index contributed by atoms with van der Waals surface area (Å²) in [6.45, 7) is 6.42. The van der Waals surface area contributed by atoms with E-state index in [9.17, 15) is 4.79 Å². The van der Waals surface area contributed by atoms with Gasteiger partial charge in [-0.1, -0.05) is 38.1 Å². The number of amides is 1. The van der Waals surface area contributed by atoms with E-state index in [1.54, 1.807) is 6.92 Å². The molecular weight excluding hydrogens is 312 g/mol. The standard InChI is InChI=1S/C20H26N4O/c1-14(25)23-13-20(2,3)17-9-7-15(8-10-17)16-11-21-19(22-12-16)24-18-5-4-6-18/h7-12,18H,4-6,13H2,1-3H3,(H,23,25)(H,21,22,24). The van der Waals surface area contributed by atoms with Crippen molar-refractivity contribution in [3.8, 4) is 11.1 Å². The fraction of sp³-hybridized carbons (Fsp3) is 0.450. The molecule has 0 aliphatic heterocycles. The van der Waals surface area contributed by atoms with Gasteiger partial charge in [0.1, 0.15) is 0 Å². The van der Waals surface area contributed by atoms with E-state index in [2.05, 4.69) is 58.7 Å². The second kappa shape index (κ2) is 7.21. The number of benzene rings is 1. The molecule has 0 saturated heterocycles. The van der Waals surface area contributed by atoms with Gasteiger partial charge in [0.05, 0.1) is 0 Å². The lowest BCUT2D eigenvalue weighted by atomic mass is 9.84. The van der Waals surface area contributed by atoms with E-state index in [-0.39, 0.29) is 11.3 Å². The maximum absolute atomic E-state index is 11.1. The molecule has 3 rings (SSSR count). The molecule has 5 nitrogen and oxygen atoms in total. The molecule has 1 aliphatic rings. The van der Waals surface area contributed by atoms with Crippen molar-refractivity contribution in [1.82, 2.24) is 15.3 Å². The minimum absolute atomic E-state index is 0.00237. The van der Waals surface area contributed by atoms with Gasteiger partial charge in [0.25, 0.3) is 0 Å². The molecule has 1 aromatic carbocycles. The van der Waals surface area contributed by atoms with Gasteiger partial charge in [-0.15, -0.1) is 0 Å². The largest absolute Gasteiger partial charge is 0.355 e. The van der Waals surface area contributed by atoms with Gasteiger partial charge in [0.15, 0.2) is 0 Å². The summed E-state index contributed by atoms with van der Waals surface area (Å²) in [5.41, 5.74) is 3.17. The van der Waals surface area contributed by atoms with Crippen LogP contribution in [0.15, 0.2) is 36.7 Å². The Kier molecular flexibility index (Phi) is 5.02. The average molecular weight is 338 g/mol. The number of hydrogen-bond donors (Lipinski definition) is 2. The van der Waals surface area contributed by atoms with E-state index in [0.29, 0.717) is 18.5 Å². The molecule has 1 amide bonds. The van der Waals surface area contributed by atoms with E-state index >= 15 is 0 Å². The van der Waals surface area contributed by atoms with Crippen LogP contribution in [0.4, 0.5) is 5.95 Å². The number of nitrogens with one attached hydrogen (secondary N) is 2. The van der Waals surface area contributed by atoms with Gasteiger partial charge in [-0.2, -0.15) is 0 Å². The summed E-state index contributed by atoms with van der Waals surface area (Å²) in [6.07, 6.45) is 7.44. The minimum Gasteiger partial charge on any atom is -0.355 e. The first-order chi connectivity index (χ1) is 11.9. The Morgan fingerprint density at radius 3 is 2.28 bits per heavy atom. The Labute approximate surface area is 149 Å². The van der Waals surface area contributed by atoms with Gasteiger partial charge in [-0.25, -0.2) is 9.97 Å². The molecule has 0 unspecified atom stereocenters. The number of carbonyl (C=O) groups excluding carboxylic acids is 1. The first-order valence-electron chi connectivity index (χ1n) is 8.88. The smallest absolute Gasteiger partial charge is 0.222 e. The zero-order valence-corrected chi connectivity index (χ0v) is 15.2. The highest BCUT2D eigenvalue weighted by molar-refractivity contribution is 5.73. The summed E-state index contributed by atoms with van der Waals surface area (Å²) in [5, 5.41) is 6.25. The lowest BCUT2D eigenvalue weighted by Crippen LogP contribution is -2.35. The van der Waals surface area contributed by atoms with Crippen LogP contribution >= 0.6 is 0 Å². The van der Waals surface area contributed by atoms with Crippen molar-refractivity contribution in [2.75, 3.05) is 11.9 Å². The first kappa shape index (κ1) is 17.4. The number of aromatic nitrogens is 2. The molecule has 132 valence electrons. The van der Waals surface area contributed by atoms with Gasteiger partial charge in [0, 0.05) is 42.9 Å². The highest BCUT2D eigenvalue weighted by Crippen LogP contribution is 2.26. The fourth-order valence-corrected chi connectivity index (χ4v) is 2.85. The summed E-state index contributed by atoms with van der Waals surface area (Å²) >= 11 is 0. The molecule has 5 heteroatoms. The maximum atomic E-state index is 11.1. The quantitative estimate of drug-likeness (QED) is 0.846. The molecule has 1 fully saturated rings. The van der Waals surface area contributed by atoms with Gasteiger partial charge in [0.2, 0.25) is 11.9 Å². The number of anilines is 1. The van der Waals surface area contributed by atoms with Gasteiger partial charge in [-0.3, -0.25) is 4.79 Å². The first-order valence-corrected chi connectivity index (χ1v) is 8.88. The molecule has 1 heterocycles. The molecule has 25 heavy (non-hydrogen) atoms. The van der Waals surface area contributed by atoms with Crippen molar-refractivity contribution in [2.45, 2.75) is 51.5 Å². The Bertz CT molecular complexity index is 718. The molecule has 1 aromatic heterocycles. The van der Waals surface area contributed by atoms with Crippen molar-refractivity contribution >= 4 is 11.9 Å². The normalized spacial score (nSPS) is 14.7. The van der Waals surface area contributed by atoms with Crippen molar-refractivity contribution in [3.63, 3.8) is 0 Å². The van der Waals surface area contributed by atoms with Crippen LogP contribution < -0.4 is 10.6 Å². The lowest BCUT2D eigenvalue weighted by molar-refractivity contribution is -0.119. The summed E-state index contributed by atoms with van der Waals surface area (Å²) in [6, 6.07) is 8.93. The second-order valence-electron chi connectivity index (χ2n) is 7.44. The van der Waals surface area contributed by atoms with Crippen LogP contribution in [0.2, 0.25) is 0 Å². The van der Waals surface area contributed by atoms with Crippen LogP contribution in [-0.2, 0) is 10.2 Å². The molecule has 0 bridgehead atoms. The van der Waals surface area contributed by atoms with E-state index in [1.807, 2.05) is 12.4 Å². The Balaban J connectivity index is 1.67. The van der Waals surface area contributed by atoms with Crippen LogP contribution in [0.1, 0.15) is 45.6 Å². The lowest BCUT2D eigenvalue weighted by Gasteiger charge is -2.26. The third-order valence-electron chi connectivity index (χ3n) is 4.87. The van der Waals surface area contributed by atoms with Gasteiger partial charge in [-0.05, 0) is 30.4 Å². The number of carbonyl (C=O) groups is 1. The average Bonchev–Trinajstić information content (AvgIpc) is 2.57. The molecule has 0 radical (unpaired) electrons. The zero-order chi connectivity index (χ0) is 17.9.